The molecule has 1 aliphatic rings. The van der Waals surface area contributed by atoms with Crippen LogP contribution in [0.25, 0.3) is 0 Å². The van der Waals surface area contributed by atoms with Gasteiger partial charge < -0.3 is 4.90 Å². The smallest absolute Gasteiger partial charge is 0.328 e. The number of aromatic nitrogens is 1. The van der Waals surface area contributed by atoms with Gasteiger partial charge in [-0.2, -0.15) is 0 Å². The summed E-state index contributed by atoms with van der Waals surface area (Å²) in [4.78, 5) is 40.4. The molecular weight excluding hydrogens is 355 g/mol. The van der Waals surface area contributed by atoms with E-state index in [1.54, 1.807) is 0 Å². The molecule has 148 valence electrons. The van der Waals surface area contributed by atoms with Crippen LogP contribution < -0.4 is 10.3 Å². The molecule has 0 saturated carbocycles. The predicted octanol–water partition coefficient (Wildman–Crippen LogP) is 1.22. The van der Waals surface area contributed by atoms with Crippen molar-refractivity contribution in [3.05, 3.63) is 24.1 Å². The molecule has 2 rings (SSSR count). The molecule has 0 spiro atoms. The van der Waals surface area contributed by atoms with Gasteiger partial charge in [-0.3, -0.25) is 14.8 Å². The molecule has 8 nitrogen and oxygen atoms in total. The summed E-state index contributed by atoms with van der Waals surface area (Å²) in [6.07, 6.45) is 4.79. The molecule has 27 heavy (non-hydrogen) atoms. The summed E-state index contributed by atoms with van der Waals surface area (Å²) in [6.45, 7) is 2.33. The molecular formula is C18H26FN4O4+. The number of H-pyrrole nitrogens is 1. The Hall–Kier alpha value is -2.55. The summed E-state index contributed by atoms with van der Waals surface area (Å²) in [5.41, 5.74) is 0. The Morgan fingerprint density at radius 3 is 2.93 bits per heavy atom. The molecule has 0 radical (unpaired) electrons. The van der Waals surface area contributed by atoms with Crippen molar-refractivity contribution < 1.29 is 29.0 Å². The molecule has 0 aliphatic carbocycles. The number of hydroxylamine groups is 2. The third-order valence-corrected chi connectivity index (χ3v) is 4.66. The quantitative estimate of drug-likeness (QED) is 0.381. The van der Waals surface area contributed by atoms with Crippen LogP contribution in [0, 0.1) is 11.7 Å². The van der Waals surface area contributed by atoms with Crippen LogP contribution in [0.15, 0.2) is 18.3 Å². The minimum absolute atomic E-state index is 0.0983. The van der Waals surface area contributed by atoms with Gasteiger partial charge in [0.2, 0.25) is 12.3 Å². The maximum absolute atomic E-state index is 13.0. The van der Waals surface area contributed by atoms with E-state index in [2.05, 4.69) is 10.3 Å². The number of carbonyl (C=O) groups is 3. The van der Waals surface area contributed by atoms with Crippen LogP contribution in [0.4, 0.5) is 10.2 Å². The van der Waals surface area contributed by atoms with Crippen molar-refractivity contribution in [2.45, 2.75) is 45.1 Å². The normalized spacial score (nSPS) is 17.4. The van der Waals surface area contributed by atoms with E-state index in [4.69, 9.17) is 0 Å². The zero-order valence-corrected chi connectivity index (χ0v) is 15.4. The Balaban J connectivity index is 2.06. The lowest BCUT2D eigenvalue weighted by Gasteiger charge is -2.28. The Morgan fingerprint density at radius 1 is 1.52 bits per heavy atom. The van der Waals surface area contributed by atoms with Crippen LogP contribution in [0.2, 0.25) is 0 Å². The highest BCUT2D eigenvalue weighted by molar-refractivity contribution is 5.96. The maximum atomic E-state index is 13.0. The second-order valence-corrected chi connectivity index (χ2v) is 6.67. The van der Waals surface area contributed by atoms with Crippen molar-refractivity contribution in [1.29, 1.82) is 0 Å². The third-order valence-electron chi connectivity index (χ3n) is 4.66. The van der Waals surface area contributed by atoms with E-state index in [0.717, 1.165) is 19.0 Å². The average Bonchev–Trinajstić information content (AvgIpc) is 3.16. The molecule has 1 aromatic rings. The standard InChI is InChI=1S/C18H25FN4O4/c1-2-3-5-13(11-22(27)12-24)18(26)23-9-4-6-15(23)17(25)21-16-8-7-14(19)10-20-16/h7-8,10,12-13,15,27H,2-6,9,11H2,1H3,(H,20,21,25)/p+1/t13-,15+/m1/s1. The van der Waals surface area contributed by atoms with Gasteiger partial charge in [-0.05, 0) is 25.3 Å². The molecule has 2 heterocycles. The molecule has 0 aromatic carbocycles. The number of anilines is 1. The first-order valence-corrected chi connectivity index (χ1v) is 9.15. The van der Waals surface area contributed by atoms with Gasteiger partial charge in [-0.25, -0.2) is 24.5 Å². The molecule has 3 amide bonds. The average molecular weight is 381 g/mol. The SMILES string of the molecule is CCCC[C@H](CN(O)C=O)C(=O)N1CCC[C@H]1C(=O)Nc1ccc(F)c[nH+]1. The summed E-state index contributed by atoms with van der Waals surface area (Å²) in [6, 6.07) is 2.00. The highest BCUT2D eigenvalue weighted by Crippen LogP contribution is 2.23. The van der Waals surface area contributed by atoms with Gasteiger partial charge in [-0.1, -0.05) is 19.8 Å². The fourth-order valence-electron chi connectivity index (χ4n) is 3.25. The summed E-state index contributed by atoms with van der Waals surface area (Å²) in [5, 5.41) is 12.6. The third kappa shape index (κ3) is 5.72. The number of hydrogen-bond acceptors (Lipinski definition) is 4. The lowest BCUT2D eigenvalue weighted by molar-refractivity contribution is -0.363. The van der Waals surface area contributed by atoms with Gasteiger partial charge in [0.15, 0.2) is 5.82 Å². The highest BCUT2D eigenvalue weighted by atomic mass is 19.1. The minimum atomic E-state index is -0.636. The molecule has 2 atom stereocenters. The Labute approximate surface area is 157 Å². The van der Waals surface area contributed by atoms with E-state index in [0.29, 0.717) is 36.7 Å². The number of rotatable bonds is 9. The molecule has 1 fully saturated rings. The second kappa shape index (κ2) is 9.96. The van der Waals surface area contributed by atoms with E-state index >= 15 is 0 Å². The van der Waals surface area contributed by atoms with Crippen LogP contribution in [0.5, 0.6) is 0 Å². The van der Waals surface area contributed by atoms with Crippen molar-refractivity contribution in [3.8, 4) is 0 Å². The van der Waals surface area contributed by atoms with Crippen molar-refractivity contribution in [2.75, 3.05) is 18.4 Å². The zero-order chi connectivity index (χ0) is 19.8. The Morgan fingerprint density at radius 2 is 2.30 bits per heavy atom. The number of pyridine rings is 1. The van der Waals surface area contributed by atoms with Gasteiger partial charge in [0.25, 0.3) is 5.82 Å². The lowest BCUT2D eigenvalue weighted by atomic mass is 9.99. The number of amides is 3. The first-order valence-electron chi connectivity index (χ1n) is 9.15. The number of nitrogens with zero attached hydrogens (tertiary/aromatic N) is 2. The molecule has 0 unspecified atom stereocenters. The van der Waals surface area contributed by atoms with Crippen molar-refractivity contribution in [2.24, 2.45) is 5.92 Å². The van der Waals surface area contributed by atoms with E-state index < -0.39 is 17.8 Å². The molecule has 1 aromatic heterocycles. The zero-order valence-electron chi connectivity index (χ0n) is 15.4. The monoisotopic (exact) mass is 381 g/mol. The fourth-order valence-corrected chi connectivity index (χ4v) is 3.25. The number of hydrogen-bond donors (Lipinski definition) is 2. The van der Waals surface area contributed by atoms with Crippen LogP contribution in [-0.4, -0.2) is 52.5 Å². The molecule has 1 saturated heterocycles. The first-order chi connectivity index (χ1) is 13.0. The summed E-state index contributed by atoms with van der Waals surface area (Å²) in [7, 11) is 0. The van der Waals surface area contributed by atoms with Crippen molar-refractivity contribution >= 4 is 24.0 Å². The van der Waals surface area contributed by atoms with E-state index in [1.807, 2.05) is 6.92 Å². The number of unbranched alkanes of at least 4 members (excludes halogenated alkanes) is 1. The van der Waals surface area contributed by atoms with Crippen molar-refractivity contribution in [1.82, 2.24) is 9.96 Å². The topological polar surface area (TPSA) is 104 Å². The lowest BCUT2D eigenvalue weighted by Crippen LogP contribution is -2.47. The maximum Gasteiger partial charge on any atom is 0.330 e. The molecule has 1 aliphatic heterocycles. The number of halogens is 1. The molecule has 0 bridgehead atoms. The van der Waals surface area contributed by atoms with Gasteiger partial charge in [0.1, 0.15) is 12.2 Å². The van der Waals surface area contributed by atoms with E-state index in [1.165, 1.54) is 17.0 Å². The van der Waals surface area contributed by atoms with Gasteiger partial charge in [0.05, 0.1) is 12.5 Å². The Bertz CT molecular complexity index is 655. The number of carbonyl (C=O) groups excluding carboxylic acids is 3. The van der Waals surface area contributed by atoms with E-state index in [-0.39, 0.29) is 24.8 Å². The van der Waals surface area contributed by atoms with Crippen LogP contribution in [0.3, 0.4) is 0 Å². The van der Waals surface area contributed by atoms with Crippen LogP contribution in [-0.2, 0) is 14.4 Å². The van der Waals surface area contributed by atoms with E-state index in [9.17, 15) is 24.0 Å². The largest absolute Gasteiger partial charge is 0.330 e. The van der Waals surface area contributed by atoms with Crippen molar-refractivity contribution in [3.63, 3.8) is 0 Å². The molecule has 3 N–H and O–H groups in total. The number of aromatic amines is 1. The van der Waals surface area contributed by atoms with Crippen LogP contribution in [0.1, 0.15) is 39.0 Å². The number of nitrogens with one attached hydrogen (secondary N) is 2. The predicted molar refractivity (Wildman–Crippen MR) is 93.9 cm³/mol. The van der Waals surface area contributed by atoms with Crippen LogP contribution >= 0.6 is 0 Å². The number of likely N-dealkylation sites (tertiary alicyclic amines) is 1. The summed E-state index contributed by atoms with van der Waals surface area (Å²) < 4.78 is 13.0. The molecule has 9 heteroatoms. The van der Waals surface area contributed by atoms with Gasteiger partial charge in [0, 0.05) is 12.6 Å². The summed E-state index contributed by atoms with van der Waals surface area (Å²) in [5.74, 6) is -1.27. The van der Waals surface area contributed by atoms with Gasteiger partial charge in [-0.15, -0.1) is 0 Å². The fraction of sp³-hybridized carbons (Fsp3) is 0.556. The Kier molecular flexibility index (Phi) is 7.66. The second-order valence-electron chi connectivity index (χ2n) is 6.67. The summed E-state index contributed by atoms with van der Waals surface area (Å²) >= 11 is 0. The van der Waals surface area contributed by atoms with Gasteiger partial charge >= 0.3 is 5.91 Å². The first kappa shape index (κ1) is 20.8. The highest BCUT2D eigenvalue weighted by Gasteiger charge is 2.39. The minimum Gasteiger partial charge on any atom is -0.328 e.